The van der Waals surface area contributed by atoms with Gasteiger partial charge in [0.05, 0.1) is 6.33 Å². The van der Waals surface area contributed by atoms with Crippen LogP contribution in [0.2, 0.25) is 0 Å². The van der Waals surface area contributed by atoms with E-state index in [2.05, 4.69) is 25.3 Å². The number of aromatic amines is 1. The second kappa shape index (κ2) is 10.3. The minimum atomic E-state index is -0.866. The molecule has 4 N–H and O–H groups in total. The summed E-state index contributed by atoms with van der Waals surface area (Å²) in [5.41, 5.74) is 8.45. The summed E-state index contributed by atoms with van der Waals surface area (Å²) >= 11 is 0. The molecule has 6 nitrogen and oxygen atoms in total. The molecule has 0 aliphatic heterocycles. The van der Waals surface area contributed by atoms with E-state index in [1.165, 1.54) is 6.07 Å². The Kier molecular flexibility index (Phi) is 7.27. The number of pyridine rings is 1. The highest BCUT2D eigenvalue weighted by Gasteiger charge is 2.17. The fourth-order valence-corrected chi connectivity index (χ4v) is 3.09. The lowest BCUT2D eigenvalue weighted by Crippen LogP contribution is -2.33. The Hall–Kier alpha value is -3.29. The lowest BCUT2D eigenvalue weighted by atomic mass is 9.92. The molecular formula is C21H24F2N6. The van der Waals surface area contributed by atoms with Crippen molar-refractivity contribution in [3.05, 3.63) is 83.7 Å². The van der Waals surface area contributed by atoms with Gasteiger partial charge in [-0.1, -0.05) is 12.1 Å². The number of hydrogen-bond acceptors (Lipinski definition) is 3. The van der Waals surface area contributed by atoms with E-state index in [1.54, 1.807) is 24.8 Å². The van der Waals surface area contributed by atoms with Gasteiger partial charge in [-0.15, -0.1) is 0 Å². The van der Waals surface area contributed by atoms with Crippen molar-refractivity contribution in [3.8, 4) is 0 Å². The zero-order valence-corrected chi connectivity index (χ0v) is 16.0. The van der Waals surface area contributed by atoms with Crippen molar-refractivity contribution in [2.75, 3.05) is 13.1 Å². The van der Waals surface area contributed by atoms with Gasteiger partial charge in [0.1, 0.15) is 0 Å². The van der Waals surface area contributed by atoms with Crippen LogP contribution in [-0.2, 0) is 6.42 Å². The standard InChI is InChI=1S/C21H24F2N6/c22-18-7-6-15(12-19(18)23)17(20-5-1-2-9-26-20)8-11-28-21(24)27-10-3-4-16-13-25-14-29-16/h1-2,5-7,9,12-14,17H,3-4,8,10-11H2,(H,25,29)(H3,24,27,28). The van der Waals surface area contributed by atoms with Crippen LogP contribution in [0.25, 0.3) is 0 Å². The molecule has 2 heterocycles. The van der Waals surface area contributed by atoms with Crippen LogP contribution in [0.3, 0.4) is 0 Å². The molecule has 2 aromatic heterocycles. The van der Waals surface area contributed by atoms with Gasteiger partial charge < -0.3 is 16.0 Å². The molecule has 1 atom stereocenters. The van der Waals surface area contributed by atoms with Gasteiger partial charge in [-0.05, 0) is 49.1 Å². The third kappa shape index (κ3) is 6.10. The molecule has 3 rings (SSSR count). The average Bonchev–Trinajstić information content (AvgIpc) is 3.25. The summed E-state index contributed by atoms with van der Waals surface area (Å²) in [6.07, 6.45) is 7.45. The number of guanidine groups is 1. The van der Waals surface area contributed by atoms with E-state index >= 15 is 0 Å². The minimum absolute atomic E-state index is 0.188. The van der Waals surface area contributed by atoms with Crippen LogP contribution in [0, 0.1) is 11.6 Å². The minimum Gasteiger partial charge on any atom is -0.370 e. The van der Waals surface area contributed by atoms with Gasteiger partial charge >= 0.3 is 0 Å². The van der Waals surface area contributed by atoms with Crippen LogP contribution in [0.15, 0.2) is 60.1 Å². The Morgan fingerprint density at radius 3 is 2.83 bits per heavy atom. The van der Waals surface area contributed by atoms with Crippen molar-refractivity contribution in [3.63, 3.8) is 0 Å². The number of benzene rings is 1. The summed E-state index contributed by atoms with van der Waals surface area (Å²) in [7, 11) is 0. The number of halogens is 2. The molecule has 152 valence electrons. The van der Waals surface area contributed by atoms with Gasteiger partial charge in [-0.3, -0.25) is 9.98 Å². The fourth-order valence-electron chi connectivity index (χ4n) is 3.09. The summed E-state index contributed by atoms with van der Waals surface area (Å²) in [5.74, 6) is -1.56. The smallest absolute Gasteiger partial charge is 0.188 e. The van der Waals surface area contributed by atoms with Crippen molar-refractivity contribution in [1.29, 1.82) is 0 Å². The van der Waals surface area contributed by atoms with E-state index in [9.17, 15) is 8.78 Å². The van der Waals surface area contributed by atoms with E-state index < -0.39 is 11.6 Å². The number of nitrogens with two attached hydrogens (primary N) is 1. The first-order valence-electron chi connectivity index (χ1n) is 9.50. The van der Waals surface area contributed by atoms with Crippen LogP contribution in [0.5, 0.6) is 0 Å². The van der Waals surface area contributed by atoms with Crippen LogP contribution in [-0.4, -0.2) is 34.0 Å². The van der Waals surface area contributed by atoms with Gasteiger partial charge in [0.15, 0.2) is 17.6 Å². The highest BCUT2D eigenvalue weighted by molar-refractivity contribution is 5.77. The maximum atomic E-state index is 13.7. The molecule has 0 aliphatic rings. The highest BCUT2D eigenvalue weighted by Crippen LogP contribution is 2.27. The molecule has 0 amide bonds. The second-order valence-corrected chi connectivity index (χ2v) is 6.64. The molecule has 3 aromatic rings. The third-order valence-electron chi connectivity index (χ3n) is 4.57. The molecule has 0 radical (unpaired) electrons. The summed E-state index contributed by atoms with van der Waals surface area (Å²) < 4.78 is 27.0. The SMILES string of the molecule is NC(=NCCCc1cnc[nH]1)NCCC(c1ccc(F)c(F)c1)c1ccccn1. The van der Waals surface area contributed by atoms with Gasteiger partial charge in [0.2, 0.25) is 0 Å². The van der Waals surface area contributed by atoms with Crippen LogP contribution < -0.4 is 11.1 Å². The Balaban J connectivity index is 1.55. The number of aromatic nitrogens is 3. The number of nitrogens with one attached hydrogen (secondary N) is 2. The van der Waals surface area contributed by atoms with Crippen molar-refractivity contribution in [2.45, 2.75) is 25.2 Å². The second-order valence-electron chi connectivity index (χ2n) is 6.64. The zero-order chi connectivity index (χ0) is 20.5. The first kappa shape index (κ1) is 20.4. The predicted octanol–water partition coefficient (Wildman–Crippen LogP) is 3.14. The highest BCUT2D eigenvalue weighted by atomic mass is 19.2. The van der Waals surface area contributed by atoms with Crippen molar-refractivity contribution < 1.29 is 8.78 Å². The molecule has 8 heteroatoms. The fraction of sp³-hybridized carbons (Fsp3) is 0.286. The number of H-pyrrole nitrogens is 1. The molecular weight excluding hydrogens is 374 g/mol. The van der Waals surface area contributed by atoms with Crippen molar-refractivity contribution in [1.82, 2.24) is 20.3 Å². The summed E-state index contributed by atoms with van der Waals surface area (Å²) in [6.45, 7) is 1.13. The Labute approximate surface area is 168 Å². The molecule has 0 spiro atoms. The number of hydrogen-bond donors (Lipinski definition) is 3. The molecule has 0 fully saturated rings. The number of rotatable bonds is 9. The van der Waals surface area contributed by atoms with Crippen LogP contribution in [0.1, 0.15) is 35.7 Å². The van der Waals surface area contributed by atoms with E-state index in [0.29, 0.717) is 31.0 Å². The maximum Gasteiger partial charge on any atom is 0.188 e. The summed E-state index contributed by atoms with van der Waals surface area (Å²) in [4.78, 5) is 15.7. The van der Waals surface area contributed by atoms with E-state index in [1.807, 2.05) is 18.2 Å². The molecule has 0 aliphatic carbocycles. The largest absolute Gasteiger partial charge is 0.370 e. The van der Waals surface area contributed by atoms with Crippen LogP contribution >= 0.6 is 0 Å². The molecule has 0 bridgehead atoms. The monoisotopic (exact) mass is 398 g/mol. The Morgan fingerprint density at radius 2 is 2.10 bits per heavy atom. The molecule has 29 heavy (non-hydrogen) atoms. The van der Waals surface area contributed by atoms with E-state index in [0.717, 1.165) is 30.3 Å². The van der Waals surface area contributed by atoms with Crippen molar-refractivity contribution >= 4 is 5.96 Å². The summed E-state index contributed by atoms with van der Waals surface area (Å²) in [5, 5.41) is 3.08. The molecule has 1 unspecified atom stereocenters. The maximum absolute atomic E-state index is 13.7. The van der Waals surface area contributed by atoms with E-state index in [4.69, 9.17) is 5.73 Å². The summed E-state index contributed by atoms with van der Waals surface area (Å²) in [6, 6.07) is 9.52. The van der Waals surface area contributed by atoms with Gasteiger partial charge in [0.25, 0.3) is 0 Å². The lowest BCUT2D eigenvalue weighted by Gasteiger charge is -2.18. The predicted molar refractivity (Wildman–Crippen MR) is 108 cm³/mol. The molecule has 0 saturated carbocycles. The number of aryl methyl sites for hydroxylation is 1. The lowest BCUT2D eigenvalue weighted by molar-refractivity contribution is 0.505. The quantitative estimate of drug-likeness (QED) is 0.293. The Morgan fingerprint density at radius 1 is 1.21 bits per heavy atom. The van der Waals surface area contributed by atoms with E-state index in [-0.39, 0.29) is 5.92 Å². The van der Waals surface area contributed by atoms with Gasteiger partial charge in [-0.25, -0.2) is 13.8 Å². The number of aliphatic imine (C=N–C) groups is 1. The molecule has 0 saturated heterocycles. The normalized spacial score (nSPS) is 12.7. The topological polar surface area (TPSA) is 92.0 Å². The molecule has 1 aromatic carbocycles. The van der Waals surface area contributed by atoms with Gasteiger partial charge in [-0.2, -0.15) is 0 Å². The third-order valence-corrected chi connectivity index (χ3v) is 4.57. The first-order chi connectivity index (χ1) is 14.1. The first-order valence-corrected chi connectivity index (χ1v) is 9.50. The number of imidazole rings is 1. The average molecular weight is 398 g/mol. The van der Waals surface area contributed by atoms with Crippen molar-refractivity contribution in [2.24, 2.45) is 10.7 Å². The van der Waals surface area contributed by atoms with Gasteiger partial charge in [0, 0.05) is 42.8 Å². The van der Waals surface area contributed by atoms with Crippen LogP contribution in [0.4, 0.5) is 8.78 Å². The Bertz CT molecular complexity index is 912. The zero-order valence-electron chi connectivity index (χ0n) is 16.0. The number of nitrogens with zero attached hydrogens (tertiary/aromatic N) is 3.